The van der Waals surface area contributed by atoms with Gasteiger partial charge in [0.15, 0.2) is 5.82 Å². The Morgan fingerprint density at radius 3 is 2.70 bits per heavy atom. The summed E-state index contributed by atoms with van der Waals surface area (Å²) in [5.74, 6) is 0.465. The van der Waals surface area contributed by atoms with Gasteiger partial charge in [-0.1, -0.05) is 18.2 Å². The third kappa shape index (κ3) is 3.05. The first-order valence-electron chi connectivity index (χ1n) is 8.11. The fourth-order valence-corrected chi connectivity index (χ4v) is 3.01. The molecule has 136 valence electrons. The van der Waals surface area contributed by atoms with Crippen LogP contribution in [0.5, 0.6) is 5.75 Å². The van der Waals surface area contributed by atoms with E-state index < -0.39 is 6.61 Å². The van der Waals surface area contributed by atoms with Crippen LogP contribution < -0.4 is 10.4 Å². The first kappa shape index (κ1) is 16.9. The molecule has 0 radical (unpaired) electrons. The topological polar surface area (TPSA) is 61.4 Å². The fraction of sp³-hybridized carbons (Fsp3) is 0.105. The predicted octanol–water partition coefficient (Wildman–Crippen LogP) is 3.46. The van der Waals surface area contributed by atoms with E-state index in [1.807, 2.05) is 0 Å². The van der Waals surface area contributed by atoms with Crippen LogP contribution in [0.1, 0.15) is 5.69 Å². The lowest BCUT2D eigenvalue weighted by atomic mass is 10.1. The standard InChI is InChI=1S/C19H14F2N4O2/c1-12-16(13-5-4-6-15(9-13)27-18(20)21)10-14-11-23-25(19(26)24(12)14)17-7-2-3-8-22-17/h2-11,18H,1H3. The smallest absolute Gasteiger partial charge is 0.387 e. The number of pyridine rings is 1. The second kappa shape index (κ2) is 6.64. The number of rotatable bonds is 4. The molecule has 0 N–H and O–H groups in total. The molecule has 0 atom stereocenters. The third-order valence-electron chi connectivity index (χ3n) is 4.19. The molecule has 4 rings (SSSR count). The molecule has 3 heterocycles. The van der Waals surface area contributed by atoms with Crippen molar-refractivity contribution in [3.05, 3.63) is 77.1 Å². The number of halogens is 2. The highest BCUT2D eigenvalue weighted by molar-refractivity contribution is 5.74. The molecule has 0 aliphatic carbocycles. The average Bonchev–Trinajstić information content (AvgIpc) is 3.00. The van der Waals surface area contributed by atoms with Gasteiger partial charge in [-0.3, -0.25) is 4.40 Å². The van der Waals surface area contributed by atoms with Gasteiger partial charge in [-0.25, -0.2) is 9.78 Å². The molecule has 0 bridgehead atoms. The van der Waals surface area contributed by atoms with Gasteiger partial charge in [-0.15, -0.1) is 0 Å². The summed E-state index contributed by atoms with van der Waals surface area (Å²) in [5.41, 5.74) is 2.29. The van der Waals surface area contributed by atoms with Crippen LogP contribution in [0.25, 0.3) is 22.5 Å². The monoisotopic (exact) mass is 368 g/mol. The number of ether oxygens (including phenoxy) is 1. The Morgan fingerprint density at radius 2 is 1.96 bits per heavy atom. The Kier molecular flexibility index (Phi) is 4.15. The van der Waals surface area contributed by atoms with Crippen molar-refractivity contribution in [3.63, 3.8) is 0 Å². The molecule has 0 unspecified atom stereocenters. The number of fused-ring (bicyclic) bond motifs is 1. The number of hydrogen-bond donors (Lipinski definition) is 0. The van der Waals surface area contributed by atoms with E-state index in [-0.39, 0.29) is 11.4 Å². The second-order valence-electron chi connectivity index (χ2n) is 5.84. The number of hydrogen-bond acceptors (Lipinski definition) is 4. The van der Waals surface area contributed by atoms with E-state index in [2.05, 4.69) is 14.8 Å². The number of nitrogens with zero attached hydrogens (tertiary/aromatic N) is 4. The normalized spacial score (nSPS) is 11.3. The molecule has 0 fully saturated rings. The Balaban J connectivity index is 1.86. The van der Waals surface area contributed by atoms with Crippen LogP contribution in [0.15, 0.2) is 65.7 Å². The molecule has 0 saturated carbocycles. The van der Waals surface area contributed by atoms with Crippen molar-refractivity contribution in [2.45, 2.75) is 13.5 Å². The van der Waals surface area contributed by atoms with Gasteiger partial charge in [-0.05, 0) is 42.8 Å². The second-order valence-corrected chi connectivity index (χ2v) is 5.84. The van der Waals surface area contributed by atoms with Gasteiger partial charge >= 0.3 is 12.3 Å². The summed E-state index contributed by atoms with van der Waals surface area (Å²) in [6, 6.07) is 13.3. The minimum absolute atomic E-state index is 0.0566. The summed E-state index contributed by atoms with van der Waals surface area (Å²) >= 11 is 0. The highest BCUT2D eigenvalue weighted by atomic mass is 19.3. The zero-order valence-electron chi connectivity index (χ0n) is 14.2. The molecule has 0 saturated heterocycles. The lowest BCUT2D eigenvalue weighted by Crippen LogP contribution is -2.28. The molecule has 0 aliphatic rings. The van der Waals surface area contributed by atoms with Gasteiger partial charge in [0.1, 0.15) is 5.75 Å². The molecule has 0 amide bonds. The first-order valence-corrected chi connectivity index (χ1v) is 8.11. The van der Waals surface area contributed by atoms with Crippen LogP contribution >= 0.6 is 0 Å². The molecule has 3 aromatic heterocycles. The SMILES string of the molecule is Cc1c(-c2cccc(OC(F)F)c2)cc2cnn(-c3ccccn3)c(=O)n12. The minimum Gasteiger partial charge on any atom is -0.435 e. The molecular formula is C19H14F2N4O2. The van der Waals surface area contributed by atoms with E-state index in [0.29, 0.717) is 22.6 Å². The maximum atomic E-state index is 12.9. The van der Waals surface area contributed by atoms with Crippen molar-refractivity contribution in [2.75, 3.05) is 0 Å². The summed E-state index contributed by atoms with van der Waals surface area (Å²) < 4.78 is 32.1. The van der Waals surface area contributed by atoms with Gasteiger partial charge in [0.05, 0.1) is 11.7 Å². The maximum absolute atomic E-state index is 12.9. The zero-order valence-corrected chi connectivity index (χ0v) is 14.2. The Hall–Kier alpha value is -3.55. The lowest BCUT2D eigenvalue weighted by Gasteiger charge is -2.07. The number of alkyl halides is 2. The van der Waals surface area contributed by atoms with Gasteiger partial charge in [0.2, 0.25) is 0 Å². The molecule has 0 aliphatic heterocycles. The fourth-order valence-electron chi connectivity index (χ4n) is 3.01. The third-order valence-corrected chi connectivity index (χ3v) is 4.19. The summed E-state index contributed by atoms with van der Waals surface area (Å²) in [5, 5.41) is 4.18. The van der Waals surface area contributed by atoms with E-state index >= 15 is 0 Å². The molecule has 6 nitrogen and oxygen atoms in total. The van der Waals surface area contributed by atoms with Crippen molar-refractivity contribution < 1.29 is 13.5 Å². The number of aryl methyl sites for hydroxylation is 1. The average molecular weight is 368 g/mol. The predicted molar refractivity (Wildman–Crippen MR) is 95.4 cm³/mol. The number of benzene rings is 1. The van der Waals surface area contributed by atoms with E-state index in [0.717, 1.165) is 5.56 Å². The van der Waals surface area contributed by atoms with Gasteiger partial charge in [0.25, 0.3) is 0 Å². The zero-order chi connectivity index (χ0) is 19.0. The first-order chi connectivity index (χ1) is 13.0. The van der Waals surface area contributed by atoms with Crippen LogP contribution in [0.4, 0.5) is 8.78 Å². The lowest BCUT2D eigenvalue weighted by molar-refractivity contribution is -0.0498. The maximum Gasteiger partial charge on any atom is 0.387 e. The van der Waals surface area contributed by atoms with Crippen LogP contribution in [0.3, 0.4) is 0 Å². The molecule has 4 aromatic rings. The van der Waals surface area contributed by atoms with Gasteiger partial charge in [0, 0.05) is 17.5 Å². The largest absolute Gasteiger partial charge is 0.435 e. The van der Waals surface area contributed by atoms with Crippen molar-refractivity contribution in [2.24, 2.45) is 0 Å². The van der Waals surface area contributed by atoms with E-state index in [1.165, 1.54) is 21.2 Å². The summed E-state index contributed by atoms with van der Waals surface area (Å²) in [7, 11) is 0. The molecular weight excluding hydrogens is 354 g/mol. The summed E-state index contributed by atoms with van der Waals surface area (Å²) in [6.07, 6.45) is 3.14. The summed E-state index contributed by atoms with van der Waals surface area (Å²) in [6.45, 7) is -1.11. The highest BCUT2D eigenvalue weighted by Gasteiger charge is 2.15. The Bertz CT molecular complexity index is 1170. The van der Waals surface area contributed by atoms with Crippen molar-refractivity contribution in [1.82, 2.24) is 19.2 Å². The van der Waals surface area contributed by atoms with Crippen LogP contribution in [0.2, 0.25) is 0 Å². The number of aromatic nitrogens is 4. The van der Waals surface area contributed by atoms with Gasteiger partial charge in [-0.2, -0.15) is 18.6 Å². The van der Waals surface area contributed by atoms with E-state index in [1.54, 1.807) is 55.7 Å². The van der Waals surface area contributed by atoms with E-state index in [9.17, 15) is 13.6 Å². The Labute approximate surface area is 152 Å². The van der Waals surface area contributed by atoms with Crippen LogP contribution in [0, 0.1) is 6.92 Å². The molecule has 27 heavy (non-hydrogen) atoms. The highest BCUT2D eigenvalue weighted by Crippen LogP contribution is 2.29. The molecule has 0 spiro atoms. The van der Waals surface area contributed by atoms with Crippen molar-refractivity contribution in [1.29, 1.82) is 0 Å². The van der Waals surface area contributed by atoms with E-state index in [4.69, 9.17) is 0 Å². The molecule has 8 heteroatoms. The van der Waals surface area contributed by atoms with Crippen LogP contribution in [-0.2, 0) is 0 Å². The van der Waals surface area contributed by atoms with Crippen molar-refractivity contribution in [3.8, 4) is 22.7 Å². The van der Waals surface area contributed by atoms with Crippen LogP contribution in [-0.4, -0.2) is 25.8 Å². The quantitative estimate of drug-likeness (QED) is 0.554. The summed E-state index contributed by atoms with van der Waals surface area (Å²) in [4.78, 5) is 17.1. The van der Waals surface area contributed by atoms with Gasteiger partial charge < -0.3 is 4.74 Å². The van der Waals surface area contributed by atoms with Crippen molar-refractivity contribution >= 4 is 5.52 Å². The molecule has 1 aromatic carbocycles. The minimum atomic E-state index is -2.90. The Morgan fingerprint density at radius 1 is 1.11 bits per heavy atom.